The Morgan fingerprint density at radius 3 is 2.41 bits per heavy atom. The van der Waals surface area contributed by atoms with Crippen LogP contribution in [-0.2, 0) is 4.79 Å². The van der Waals surface area contributed by atoms with E-state index in [1.165, 1.54) is 38.5 Å². The second-order valence-electron chi connectivity index (χ2n) is 5.68. The first-order valence-corrected chi connectivity index (χ1v) is 6.66. The number of halogens is 1. The number of hydrogen-bond donors (Lipinski definition) is 1. The molecule has 2 aliphatic rings. The van der Waals surface area contributed by atoms with Gasteiger partial charge in [0.05, 0.1) is 5.54 Å². The zero-order valence-corrected chi connectivity index (χ0v) is 11.6. The molecule has 0 aromatic carbocycles. The summed E-state index contributed by atoms with van der Waals surface area (Å²) in [5.74, 6) is 1.00. The highest BCUT2D eigenvalue weighted by Crippen LogP contribution is 2.34. The average molecular weight is 261 g/mol. The molecule has 0 unspecified atom stereocenters. The number of hydrogen-bond acceptors (Lipinski definition) is 2. The highest BCUT2D eigenvalue weighted by Gasteiger charge is 2.47. The number of nitrogens with two attached hydrogens (primary N) is 1. The lowest BCUT2D eigenvalue weighted by Gasteiger charge is -2.26. The standard InChI is InChI=1S/C13H24N2O.ClH/c1-15(12(16)13(14)8-9-13)10-7-11-5-3-2-4-6-11;/h11H,2-10,14H2,1H3;1H. The molecule has 17 heavy (non-hydrogen) atoms. The fraction of sp³-hybridized carbons (Fsp3) is 0.923. The van der Waals surface area contributed by atoms with Crippen LogP contribution in [-0.4, -0.2) is 29.9 Å². The zero-order valence-electron chi connectivity index (χ0n) is 10.8. The molecule has 2 rings (SSSR count). The van der Waals surface area contributed by atoms with Gasteiger partial charge in [-0.15, -0.1) is 12.4 Å². The minimum Gasteiger partial charge on any atom is -0.344 e. The molecule has 2 saturated carbocycles. The van der Waals surface area contributed by atoms with Crippen molar-refractivity contribution in [3.63, 3.8) is 0 Å². The lowest BCUT2D eigenvalue weighted by atomic mass is 9.87. The molecular formula is C13H25ClN2O. The monoisotopic (exact) mass is 260 g/mol. The fourth-order valence-corrected chi connectivity index (χ4v) is 2.68. The van der Waals surface area contributed by atoms with Crippen molar-refractivity contribution < 1.29 is 4.79 Å². The fourth-order valence-electron chi connectivity index (χ4n) is 2.68. The summed E-state index contributed by atoms with van der Waals surface area (Å²) in [7, 11) is 1.90. The Morgan fingerprint density at radius 2 is 1.88 bits per heavy atom. The average Bonchev–Trinajstić information content (AvgIpc) is 3.06. The maximum atomic E-state index is 11.9. The molecule has 2 N–H and O–H groups in total. The van der Waals surface area contributed by atoms with E-state index in [2.05, 4.69) is 0 Å². The molecule has 0 bridgehead atoms. The molecular weight excluding hydrogens is 236 g/mol. The second kappa shape index (κ2) is 6.05. The lowest BCUT2D eigenvalue weighted by Crippen LogP contribution is -2.44. The number of likely N-dealkylation sites (N-methyl/N-ethyl adjacent to an activating group) is 1. The summed E-state index contributed by atoms with van der Waals surface area (Å²) in [6.45, 7) is 0.891. The van der Waals surface area contributed by atoms with Crippen LogP contribution in [0.1, 0.15) is 51.4 Å². The van der Waals surface area contributed by atoms with Gasteiger partial charge in [0.25, 0.3) is 0 Å². The van der Waals surface area contributed by atoms with E-state index < -0.39 is 5.54 Å². The van der Waals surface area contributed by atoms with Crippen molar-refractivity contribution in [2.45, 2.75) is 56.9 Å². The topological polar surface area (TPSA) is 46.3 Å². The highest BCUT2D eigenvalue weighted by molar-refractivity contribution is 5.88. The van der Waals surface area contributed by atoms with Crippen LogP contribution < -0.4 is 5.73 Å². The largest absolute Gasteiger partial charge is 0.344 e. The minimum absolute atomic E-state index is 0. The van der Waals surface area contributed by atoms with Crippen molar-refractivity contribution >= 4 is 18.3 Å². The number of amides is 1. The molecule has 0 saturated heterocycles. The maximum Gasteiger partial charge on any atom is 0.242 e. The molecule has 0 heterocycles. The number of nitrogens with zero attached hydrogens (tertiary/aromatic N) is 1. The highest BCUT2D eigenvalue weighted by atomic mass is 35.5. The zero-order chi connectivity index (χ0) is 11.6. The van der Waals surface area contributed by atoms with Crippen molar-refractivity contribution in [3.8, 4) is 0 Å². The van der Waals surface area contributed by atoms with E-state index in [1.807, 2.05) is 11.9 Å². The predicted octanol–water partition coefficient (Wildman–Crippen LogP) is 2.33. The van der Waals surface area contributed by atoms with Crippen LogP contribution in [0.3, 0.4) is 0 Å². The van der Waals surface area contributed by atoms with Gasteiger partial charge in [-0.25, -0.2) is 0 Å². The van der Waals surface area contributed by atoms with Crippen molar-refractivity contribution in [3.05, 3.63) is 0 Å². The molecule has 100 valence electrons. The normalized spacial score (nSPS) is 22.7. The van der Waals surface area contributed by atoms with Gasteiger partial charge >= 0.3 is 0 Å². The molecule has 3 nitrogen and oxygen atoms in total. The Hall–Kier alpha value is -0.280. The third-order valence-electron chi connectivity index (χ3n) is 4.16. The van der Waals surface area contributed by atoms with Gasteiger partial charge in [-0.05, 0) is 25.2 Å². The predicted molar refractivity (Wildman–Crippen MR) is 72.2 cm³/mol. The Kier molecular flexibility index (Phi) is 5.26. The van der Waals surface area contributed by atoms with E-state index in [4.69, 9.17) is 5.73 Å². The van der Waals surface area contributed by atoms with Crippen LogP contribution in [0.5, 0.6) is 0 Å². The molecule has 0 aromatic heterocycles. The molecule has 0 radical (unpaired) electrons. The Balaban J connectivity index is 0.00000144. The van der Waals surface area contributed by atoms with E-state index in [9.17, 15) is 4.79 Å². The van der Waals surface area contributed by atoms with Gasteiger partial charge < -0.3 is 10.6 Å². The Labute approximate surface area is 111 Å². The summed E-state index contributed by atoms with van der Waals surface area (Å²) >= 11 is 0. The summed E-state index contributed by atoms with van der Waals surface area (Å²) < 4.78 is 0. The SMILES string of the molecule is CN(CCC1CCCCC1)C(=O)C1(N)CC1.Cl. The summed E-state index contributed by atoms with van der Waals surface area (Å²) in [4.78, 5) is 13.7. The smallest absolute Gasteiger partial charge is 0.242 e. The van der Waals surface area contributed by atoms with Gasteiger partial charge in [0.2, 0.25) is 5.91 Å². The third-order valence-corrected chi connectivity index (χ3v) is 4.16. The Morgan fingerprint density at radius 1 is 1.29 bits per heavy atom. The molecule has 2 aliphatic carbocycles. The second-order valence-corrected chi connectivity index (χ2v) is 5.68. The number of rotatable bonds is 4. The van der Waals surface area contributed by atoms with Gasteiger partial charge in [-0.1, -0.05) is 32.1 Å². The van der Waals surface area contributed by atoms with Crippen LogP contribution in [0.4, 0.5) is 0 Å². The molecule has 0 aromatic rings. The van der Waals surface area contributed by atoms with Crippen LogP contribution in [0.2, 0.25) is 0 Å². The van der Waals surface area contributed by atoms with E-state index in [0.717, 1.165) is 25.3 Å². The van der Waals surface area contributed by atoms with E-state index >= 15 is 0 Å². The number of carbonyl (C=O) groups is 1. The van der Waals surface area contributed by atoms with Gasteiger partial charge in [0.15, 0.2) is 0 Å². The molecule has 4 heteroatoms. The molecule has 0 aliphatic heterocycles. The molecule has 1 amide bonds. The van der Waals surface area contributed by atoms with Gasteiger partial charge in [0, 0.05) is 13.6 Å². The van der Waals surface area contributed by atoms with Crippen LogP contribution >= 0.6 is 12.4 Å². The maximum absolute atomic E-state index is 11.9. The van der Waals surface area contributed by atoms with Crippen LogP contribution in [0.15, 0.2) is 0 Å². The first-order chi connectivity index (χ1) is 7.62. The van der Waals surface area contributed by atoms with Gasteiger partial charge in [-0.2, -0.15) is 0 Å². The van der Waals surface area contributed by atoms with Gasteiger partial charge in [0.1, 0.15) is 0 Å². The molecule has 0 atom stereocenters. The van der Waals surface area contributed by atoms with E-state index in [0.29, 0.717) is 0 Å². The quantitative estimate of drug-likeness (QED) is 0.843. The first-order valence-electron chi connectivity index (χ1n) is 6.66. The molecule has 2 fully saturated rings. The van der Waals surface area contributed by atoms with E-state index in [-0.39, 0.29) is 18.3 Å². The summed E-state index contributed by atoms with van der Waals surface area (Å²) in [6, 6.07) is 0. The third kappa shape index (κ3) is 3.85. The van der Waals surface area contributed by atoms with Crippen molar-refractivity contribution in [1.29, 1.82) is 0 Å². The number of carbonyl (C=O) groups excluding carboxylic acids is 1. The summed E-state index contributed by atoms with van der Waals surface area (Å²) in [6.07, 6.45) is 9.78. The summed E-state index contributed by atoms with van der Waals surface area (Å²) in [5.41, 5.74) is 5.42. The van der Waals surface area contributed by atoms with Gasteiger partial charge in [-0.3, -0.25) is 4.79 Å². The minimum atomic E-state index is -0.485. The first kappa shape index (κ1) is 14.8. The lowest BCUT2D eigenvalue weighted by molar-refractivity contribution is -0.132. The molecule has 0 spiro atoms. The van der Waals surface area contributed by atoms with Crippen molar-refractivity contribution in [2.24, 2.45) is 11.7 Å². The summed E-state index contributed by atoms with van der Waals surface area (Å²) in [5, 5.41) is 0. The van der Waals surface area contributed by atoms with Crippen molar-refractivity contribution in [2.75, 3.05) is 13.6 Å². The van der Waals surface area contributed by atoms with Crippen LogP contribution in [0.25, 0.3) is 0 Å². The Bertz CT molecular complexity index is 260. The van der Waals surface area contributed by atoms with E-state index in [1.54, 1.807) is 0 Å². The van der Waals surface area contributed by atoms with Crippen LogP contribution in [0, 0.1) is 5.92 Å². The van der Waals surface area contributed by atoms with Crippen molar-refractivity contribution in [1.82, 2.24) is 4.90 Å².